The third-order valence-electron chi connectivity index (χ3n) is 5.01. The molecule has 29 heavy (non-hydrogen) atoms. The lowest BCUT2D eigenvalue weighted by Gasteiger charge is -2.36. The normalized spacial score (nSPS) is 17.0. The van der Waals surface area contributed by atoms with Gasteiger partial charge in [-0.2, -0.15) is 5.10 Å². The lowest BCUT2D eigenvalue weighted by molar-refractivity contribution is -0.145. The van der Waals surface area contributed by atoms with Gasteiger partial charge < -0.3 is 19.1 Å². The van der Waals surface area contributed by atoms with Crippen LogP contribution in [0, 0.1) is 19.7 Å². The summed E-state index contributed by atoms with van der Waals surface area (Å²) in [6.45, 7) is 8.43. The molecule has 2 aromatic rings. The highest BCUT2D eigenvalue weighted by Crippen LogP contribution is 2.31. The molecule has 1 aromatic heterocycles. The summed E-state index contributed by atoms with van der Waals surface area (Å²) in [5.41, 5.74) is 2.80. The predicted octanol–water partition coefficient (Wildman–Crippen LogP) is 2.58. The van der Waals surface area contributed by atoms with E-state index in [1.54, 1.807) is 27.8 Å². The number of nitrogens with zero attached hydrogens (tertiary/aromatic N) is 3. The average molecular weight is 405 g/mol. The van der Waals surface area contributed by atoms with E-state index in [4.69, 9.17) is 14.2 Å². The topological polar surface area (TPSA) is 65.8 Å². The van der Waals surface area contributed by atoms with Gasteiger partial charge >= 0.3 is 0 Å². The number of carbonyl (C=O) groups excluding carboxylic acids is 1. The first-order valence-corrected chi connectivity index (χ1v) is 9.88. The number of para-hydroxylation sites is 1. The quantitative estimate of drug-likeness (QED) is 0.632. The number of aromatic nitrogens is 2. The third kappa shape index (κ3) is 4.83. The zero-order valence-electron chi connectivity index (χ0n) is 17.2. The summed E-state index contributed by atoms with van der Waals surface area (Å²) in [5.74, 6) is -0.451. The van der Waals surface area contributed by atoms with Crippen LogP contribution in [0.5, 0.6) is 0 Å². The summed E-state index contributed by atoms with van der Waals surface area (Å²) in [6, 6.07) is 6.22. The fourth-order valence-corrected chi connectivity index (χ4v) is 3.64. The van der Waals surface area contributed by atoms with E-state index in [1.807, 2.05) is 20.8 Å². The molecule has 1 aromatic carbocycles. The molecule has 1 unspecified atom stereocenters. The van der Waals surface area contributed by atoms with Crippen molar-refractivity contribution in [3.05, 3.63) is 47.0 Å². The number of ether oxygens (including phenoxy) is 3. The van der Waals surface area contributed by atoms with Crippen molar-refractivity contribution in [3.63, 3.8) is 0 Å². The van der Waals surface area contributed by atoms with Gasteiger partial charge in [-0.1, -0.05) is 12.1 Å². The number of halogens is 1. The van der Waals surface area contributed by atoms with Crippen LogP contribution in [-0.4, -0.2) is 66.8 Å². The number of rotatable bonds is 8. The summed E-state index contributed by atoms with van der Waals surface area (Å²) in [6.07, 6.45) is 0. The maximum Gasteiger partial charge on any atom is 0.249 e. The molecule has 7 nitrogen and oxygen atoms in total. The summed E-state index contributed by atoms with van der Waals surface area (Å²) in [5, 5.41) is 4.54. The van der Waals surface area contributed by atoms with Crippen molar-refractivity contribution < 1.29 is 23.4 Å². The molecule has 8 heteroatoms. The number of carbonyl (C=O) groups is 1. The molecule has 1 aliphatic rings. The predicted molar refractivity (Wildman–Crippen MR) is 106 cm³/mol. The molecule has 2 heterocycles. The molecule has 1 saturated heterocycles. The maximum absolute atomic E-state index is 14.3. The third-order valence-corrected chi connectivity index (χ3v) is 5.01. The Morgan fingerprint density at radius 2 is 2.03 bits per heavy atom. The van der Waals surface area contributed by atoms with Crippen LogP contribution in [0.4, 0.5) is 4.39 Å². The Labute approximate surface area is 170 Å². The van der Waals surface area contributed by atoms with Crippen LogP contribution in [0.25, 0.3) is 5.69 Å². The van der Waals surface area contributed by atoms with Crippen LogP contribution >= 0.6 is 0 Å². The Morgan fingerprint density at radius 1 is 1.28 bits per heavy atom. The summed E-state index contributed by atoms with van der Waals surface area (Å²) in [7, 11) is 0. The lowest BCUT2D eigenvalue weighted by atomic mass is 10.0. The second-order valence-corrected chi connectivity index (χ2v) is 6.88. The Morgan fingerprint density at radius 3 is 2.79 bits per heavy atom. The van der Waals surface area contributed by atoms with Gasteiger partial charge in [0.2, 0.25) is 5.91 Å². The maximum atomic E-state index is 14.3. The Kier molecular flexibility index (Phi) is 7.35. The van der Waals surface area contributed by atoms with Gasteiger partial charge in [-0.25, -0.2) is 9.07 Å². The molecule has 3 rings (SSSR count). The smallest absolute Gasteiger partial charge is 0.249 e. The second kappa shape index (κ2) is 9.96. The molecule has 158 valence electrons. The van der Waals surface area contributed by atoms with E-state index in [1.165, 1.54) is 6.07 Å². The van der Waals surface area contributed by atoms with Gasteiger partial charge in [0, 0.05) is 24.4 Å². The number of aryl methyl sites for hydroxylation is 1. The number of morpholine rings is 1. The summed E-state index contributed by atoms with van der Waals surface area (Å²) >= 11 is 0. The first kappa shape index (κ1) is 21.4. The zero-order valence-corrected chi connectivity index (χ0v) is 17.2. The van der Waals surface area contributed by atoms with Crippen molar-refractivity contribution in [1.29, 1.82) is 0 Å². The molecule has 1 atom stereocenters. The average Bonchev–Trinajstić information content (AvgIpc) is 3.02. The Bertz CT molecular complexity index is 839. The van der Waals surface area contributed by atoms with Crippen LogP contribution < -0.4 is 0 Å². The van der Waals surface area contributed by atoms with Crippen molar-refractivity contribution in [1.82, 2.24) is 14.7 Å². The number of hydrogen-bond donors (Lipinski definition) is 0. The molecular formula is C21H28FN3O4. The van der Waals surface area contributed by atoms with E-state index in [-0.39, 0.29) is 24.4 Å². The number of hydrogen-bond acceptors (Lipinski definition) is 5. The second-order valence-electron chi connectivity index (χ2n) is 6.88. The number of amides is 1. The Hall–Kier alpha value is -2.29. The van der Waals surface area contributed by atoms with Gasteiger partial charge in [-0.15, -0.1) is 0 Å². The molecule has 1 aliphatic heterocycles. The highest BCUT2D eigenvalue weighted by atomic mass is 19.1. The van der Waals surface area contributed by atoms with Crippen LogP contribution in [0.2, 0.25) is 0 Å². The fourth-order valence-electron chi connectivity index (χ4n) is 3.64. The Balaban J connectivity index is 1.80. The van der Waals surface area contributed by atoms with Gasteiger partial charge in [0.1, 0.15) is 18.1 Å². The van der Waals surface area contributed by atoms with Crippen LogP contribution in [-0.2, 0) is 19.0 Å². The molecule has 1 amide bonds. The summed E-state index contributed by atoms with van der Waals surface area (Å²) < 4.78 is 32.2. The van der Waals surface area contributed by atoms with Crippen LogP contribution in [0.1, 0.15) is 29.9 Å². The zero-order chi connectivity index (χ0) is 20.8. The molecule has 0 N–H and O–H groups in total. The van der Waals surface area contributed by atoms with E-state index in [9.17, 15) is 9.18 Å². The van der Waals surface area contributed by atoms with Gasteiger partial charge in [-0.3, -0.25) is 4.79 Å². The molecule has 1 fully saturated rings. The minimum Gasteiger partial charge on any atom is -0.379 e. The van der Waals surface area contributed by atoms with E-state index in [0.717, 1.165) is 17.0 Å². The van der Waals surface area contributed by atoms with E-state index >= 15 is 0 Å². The molecular weight excluding hydrogens is 377 g/mol. The van der Waals surface area contributed by atoms with Gasteiger partial charge in [0.15, 0.2) is 0 Å². The fraction of sp³-hybridized carbons (Fsp3) is 0.524. The lowest BCUT2D eigenvalue weighted by Crippen LogP contribution is -2.45. The molecule has 0 radical (unpaired) electrons. The molecule has 0 saturated carbocycles. The highest BCUT2D eigenvalue weighted by molar-refractivity contribution is 5.78. The minimum absolute atomic E-state index is 0.0108. The van der Waals surface area contributed by atoms with Crippen molar-refractivity contribution >= 4 is 5.91 Å². The molecule has 0 spiro atoms. The monoisotopic (exact) mass is 405 g/mol. The largest absolute Gasteiger partial charge is 0.379 e. The van der Waals surface area contributed by atoms with E-state index in [2.05, 4.69) is 5.10 Å². The van der Waals surface area contributed by atoms with Crippen molar-refractivity contribution in [2.24, 2.45) is 0 Å². The van der Waals surface area contributed by atoms with Crippen molar-refractivity contribution in [2.45, 2.75) is 26.8 Å². The van der Waals surface area contributed by atoms with Crippen LogP contribution in [0.3, 0.4) is 0 Å². The molecule has 0 bridgehead atoms. The first-order chi connectivity index (χ1) is 14.0. The van der Waals surface area contributed by atoms with Crippen molar-refractivity contribution in [2.75, 3.05) is 46.2 Å². The standard InChI is InChI=1S/C21H28FN3O4/c1-4-27-11-12-29-14-20(26)24-9-10-28-13-19(24)21-15(2)23-25(16(21)3)18-8-6-5-7-17(18)22/h5-8,19H,4,9-14H2,1-3H3. The van der Waals surface area contributed by atoms with E-state index in [0.29, 0.717) is 45.3 Å². The van der Waals surface area contributed by atoms with Gasteiger partial charge in [0.25, 0.3) is 0 Å². The van der Waals surface area contributed by atoms with E-state index < -0.39 is 0 Å². The minimum atomic E-state index is -0.347. The highest BCUT2D eigenvalue weighted by Gasteiger charge is 2.33. The SMILES string of the molecule is CCOCCOCC(=O)N1CCOCC1c1c(C)nn(-c2ccccc2F)c1C. The number of benzene rings is 1. The van der Waals surface area contributed by atoms with Crippen LogP contribution in [0.15, 0.2) is 24.3 Å². The first-order valence-electron chi connectivity index (χ1n) is 9.88. The summed E-state index contributed by atoms with van der Waals surface area (Å²) in [4.78, 5) is 14.6. The van der Waals surface area contributed by atoms with Gasteiger partial charge in [-0.05, 0) is 32.9 Å². The molecule has 0 aliphatic carbocycles. The van der Waals surface area contributed by atoms with Crippen molar-refractivity contribution in [3.8, 4) is 5.69 Å². The van der Waals surface area contributed by atoms with Gasteiger partial charge in [0.05, 0.1) is 38.2 Å².